The average Bonchev–Trinajstić information content (AvgIpc) is 3.37. The molecule has 2 aromatic rings. The largest absolute Gasteiger partial charge is 0.497 e. The van der Waals surface area contributed by atoms with Gasteiger partial charge in [-0.15, -0.1) is 0 Å². The van der Waals surface area contributed by atoms with E-state index < -0.39 is 0 Å². The Balaban J connectivity index is 1.56. The number of amidine groups is 1. The quantitative estimate of drug-likeness (QED) is 0.457. The Morgan fingerprint density at radius 2 is 1.82 bits per heavy atom. The van der Waals surface area contributed by atoms with Gasteiger partial charge in [0.2, 0.25) is 0 Å². The smallest absolute Gasteiger partial charge is 0.269 e. The summed E-state index contributed by atoms with van der Waals surface area (Å²) in [5.41, 5.74) is 3.20. The Hall–Kier alpha value is -2.38. The first-order valence-corrected chi connectivity index (χ1v) is 13.3. The lowest BCUT2D eigenvalue weighted by Gasteiger charge is -2.30. The first-order chi connectivity index (χ1) is 16.1. The maximum absolute atomic E-state index is 13.9. The number of thioether (sulfide) groups is 2. The second kappa shape index (κ2) is 9.47. The molecule has 0 atom stereocenters. The molecule has 2 fully saturated rings. The molecule has 172 valence electrons. The van der Waals surface area contributed by atoms with Gasteiger partial charge in [-0.25, -0.2) is 4.99 Å². The van der Waals surface area contributed by atoms with Crippen molar-refractivity contribution >= 4 is 46.0 Å². The lowest BCUT2D eigenvalue weighted by molar-refractivity contribution is -0.124. The van der Waals surface area contributed by atoms with Crippen LogP contribution in [0.4, 0.5) is 11.4 Å². The number of anilines is 1. The van der Waals surface area contributed by atoms with Crippen molar-refractivity contribution in [2.75, 3.05) is 18.6 Å². The van der Waals surface area contributed by atoms with Gasteiger partial charge in [0.15, 0.2) is 5.17 Å². The highest BCUT2D eigenvalue weighted by Gasteiger charge is 2.43. The van der Waals surface area contributed by atoms with Crippen LogP contribution in [0.1, 0.15) is 44.6 Å². The zero-order valence-corrected chi connectivity index (χ0v) is 21.0. The minimum absolute atomic E-state index is 0.0958. The molecule has 0 N–H and O–H groups in total. The minimum atomic E-state index is 0.0958. The third-order valence-corrected chi connectivity index (χ3v) is 8.79. The first kappa shape index (κ1) is 22.4. The molecule has 2 aromatic carbocycles. The zero-order valence-electron chi connectivity index (χ0n) is 19.3. The molecule has 33 heavy (non-hydrogen) atoms. The number of carbonyl (C=O) groups is 1. The second-order valence-corrected chi connectivity index (χ2v) is 10.6. The average molecular weight is 480 g/mol. The van der Waals surface area contributed by atoms with E-state index in [2.05, 4.69) is 43.0 Å². The molecule has 2 heterocycles. The molecule has 7 heteroatoms. The number of fused-ring (bicyclic) bond motifs is 1. The van der Waals surface area contributed by atoms with Crippen LogP contribution >= 0.6 is 23.5 Å². The Labute approximate surface area is 204 Å². The van der Waals surface area contributed by atoms with Gasteiger partial charge in [-0.1, -0.05) is 48.7 Å². The molecule has 0 aromatic heterocycles. The molecular formula is C26H29N3O2S2. The molecular weight excluding hydrogens is 450 g/mol. The molecule has 3 aliphatic rings. The van der Waals surface area contributed by atoms with E-state index in [-0.39, 0.29) is 11.9 Å². The van der Waals surface area contributed by atoms with Crippen LogP contribution in [-0.4, -0.2) is 35.7 Å². The van der Waals surface area contributed by atoms with Gasteiger partial charge in [0, 0.05) is 23.5 Å². The molecule has 1 aliphatic carbocycles. The summed E-state index contributed by atoms with van der Waals surface area (Å²) in [6.07, 6.45) is 5.68. The van der Waals surface area contributed by atoms with Gasteiger partial charge >= 0.3 is 0 Å². The van der Waals surface area contributed by atoms with Crippen LogP contribution in [-0.2, 0) is 4.79 Å². The molecule has 0 bridgehead atoms. The first-order valence-electron chi connectivity index (χ1n) is 11.6. The highest BCUT2D eigenvalue weighted by Crippen LogP contribution is 2.52. The van der Waals surface area contributed by atoms with Gasteiger partial charge in [0.25, 0.3) is 5.91 Å². The number of methoxy groups -OCH3 is 1. The third kappa shape index (κ3) is 4.28. The summed E-state index contributed by atoms with van der Waals surface area (Å²) in [5, 5.41) is 1.81. The highest BCUT2D eigenvalue weighted by molar-refractivity contribution is 8.19. The number of amides is 1. The Kier molecular flexibility index (Phi) is 6.43. The van der Waals surface area contributed by atoms with Crippen molar-refractivity contribution < 1.29 is 9.53 Å². The van der Waals surface area contributed by atoms with Crippen molar-refractivity contribution in [1.29, 1.82) is 0 Å². The van der Waals surface area contributed by atoms with Crippen molar-refractivity contribution in [2.45, 2.75) is 56.9 Å². The van der Waals surface area contributed by atoms with Crippen LogP contribution < -0.4 is 9.64 Å². The maximum atomic E-state index is 13.9. The van der Waals surface area contributed by atoms with Crippen molar-refractivity contribution in [3.05, 3.63) is 58.0 Å². The number of hydrogen-bond donors (Lipinski definition) is 0. The molecule has 5 nitrogen and oxygen atoms in total. The number of rotatable bonds is 4. The summed E-state index contributed by atoms with van der Waals surface area (Å²) >= 11 is 3.20. The van der Waals surface area contributed by atoms with Crippen molar-refractivity contribution in [3.63, 3.8) is 0 Å². The molecule has 1 saturated carbocycles. The molecule has 0 spiro atoms. The van der Waals surface area contributed by atoms with Crippen molar-refractivity contribution in [1.82, 2.24) is 4.90 Å². The molecule has 0 unspecified atom stereocenters. The maximum Gasteiger partial charge on any atom is 0.269 e. The van der Waals surface area contributed by atoms with E-state index in [1.165, 1.54) is 36.6 Å². The minimum Gasteiger partial charge on any atom is -0.497 e. The van der Waals surface area contributed by atoms with Crippen LogP contribution in [0, 0.1) is 6.92 Å². The number of nitrogens with zero attached hydrogens (tertiary/aromatic N) is 3. The Morgan fingerprint density at radius 1 is 1.06 bits per heavy atom. The van der Waals surface area contributed by atoms with Gasteiger partial charge in [-0.2, -0.15) is 0 Å². The summed E-state index contributed by atoms with van der Waals surface area (Å²) in [5.74, 6) is 0.924. The van der Waals surface area contributed by atoms with Gasteiger partial charge in [-0.05, 0) is 62.7 Å². The SMILES string of the molecule is CCN1C(=C2SC(=Nc3ccc(C)cc3)N(C3CCCCC3)C2=O)Sc2ccc(OC)cc21. The van der Waals surface area contributed by atoms with E-state index in [0.29, 0.717) is 0 Å². The van der Waals surface area contributed by atoms with Gasteiger partial charge in [-0.3, -0.25) is 9.69 Å². The van der Waals surface area contributed by atoms with Crippen molar-refractivity contribution in [3.8, 4) is 5.75 Å². The van der Waals surface area contributed by atoms with E-state index in [4.69, 9.17) is 9.73 Å². The van der Waals surface area contributed by atoms with Crippen LogP contribution in [0.5, 0.6) is 5.75 Å². The third-order valence-electron chi connectivity index (χ3n) is 6.43. The van der Waals surface area contributed by atoms with Gasteiger partial charge < -0.3 is 9.64 Å². The lowest BCUT2D eigenvalue weighted by Crippen LogP contribution is -2.40. The summed E-state index contributed by atoms with van der Waals surface area (Å²) < 4.78 is 5.45. The zero-order chi connectivity index (χ0) is 22.9. The summed E-state index contributed by atoms with van der Waals surface area (Å²) in [6.45, 7) is 4.98. The van der Waals surface area contributed by atoms with Gasteiger partial charge in [0.05, 0.1) is 18.5 Å². The number of hydrogen-bond acceptors (Lipinski definition) is 6. The van der Waals surface area contributed by atoms with E-state index in [0.717, 1.165) is 56.5 Å². The van der Waals surface area contributed by atoms with Gasteiger partial charge in [0.1, 0.15) is 15.7 Å². The number of benzene rings is 2. The number of ether oxygens (including phenoxy) is 1. The molecule has 0 radical (unpaired) electrons. The van der Waals surface area contributed by atoms with Crippen molar-refractivity contribution in [2.24, 2.45) is 4.99 Å². The van der Waals surface area contributed by atoms with Crippen LogP contribution in [0.2, 0.25) is 0 Å². The second-order valence-electron chi connectivity index (χ2n) is 8.61. The molecule has 2 aliphatic heterocycles. The van der Waals surface area contributed by atoms with E-state index >= 15 is 0 Å². The fourth-order valence-corrected chi connectivity index (χ4v) is 7.09. The summed E-state index contributed by atoms with van der Waals surface area (Å²) in [4.78, 5) is 25.0. The van der Waals surface area contributed by atoms with E-state index in [1.54, 1.807) is 18.9 Å². The highest BCUT2D eigenvalue weighted by atomic mass is 32.2. The predicted octanol–water partition coefficient (Wildman–Crippen LogP) is 6.70. The lowest BCUT2D eigenvalue weighted by atomic mass is 9.94. The van der Waals surface area contributed by atoms with E-state index in [1.807, 2.05) is 23.1 Å². The predicted molar refractivity (Wildman–Crippen MR) is 138 cm³/mol. The fraction of sp³-hybridized carbons (Fsp3) is 0.385. The monoisotopic (exact) mass is 479 g/mol. The Morgan fingerprint density at radius 3 is 2.52 bits per heavy atom. The van der Waals surface area contributed by atoms with Crippen LogP contribution in [0.15, 0.2) is 62.3 Å². The summed E-state index contributed by atoms with van der Waals surface area (Å²) in [6, 6.07) is 14.6. The summed E-state index contributed by atoms with van der Waals surface area (Å²) in [7, 11) is 1.69. The normalized spacial score (nSPS) is 22.4. The molecule has 1 saturated heterocycles. The topological polar surface area (TPSA) is 45.1 Å². The molecule has 5 rings (SSSR count). The fourth-order valence-electron chi connectivity index (χ4n) is 4.66. The number of aliphatic imine (C=N–C) groups is 1. The van der Waals surface area contributed by atoms with Crippen LogP contribution in [0.3, 0.4) is 0 Å². The number of carbonyl (C=O) groups excluding carboxylic acids is 1. The Bertz CT molecular complexity index is 1120. The number of aryl methyl sites for hydroxylation is 1. The van der Waals surface area contributed by atoms with Crippen LogP contribution in [0.25, 0.3) is 0 Å². The molecule has 1 amide bonds. The van der Waals surface area contributed by atoms with E-state index in [9.17, 15) is 4.79 Å². The standard InChI is InChI=1S/C26H29N3O2S2/c1-4-28-21-16-20(31-3)14-15-22(21)32-25(28)23-24(30)29(19-8-6-5-7-9-19)26(33-23)27-18-12-10-17(2)11-13-18/h10-16,19H,4-9H2,1-3H3.